The Morgan fingerprint density at radius 2 is 2.08 bits per heavy atom. The molecular weight excluding hydrogens is 158 g/mol. The molecule has 74 valence electrons. The summed E-state index contributed by atoms with van der Waals surface area (Å²) in [5.41, 5.74) is 0. The quantitative estimate of drug-likeness (QED) is 0.481. The third-order valence-corrected chi connectivity index (χ3v) is 2.13. The van der Waals surface area contributed by atoms with Crippen LogP contribution in [0.3, 0.4) is 0 Å². The summed E-state index contributed by atoms with van der Waals surface area (Å²) in [6.07, 6.45) is -0.0973. The summed E-state index contributed by atoms with van der Waals surface area (Å²) in [6, 6.07) is 0. The van der Waals surface area contributed by atoms with Gasteiger partial charge in [0.1, 0.15) is 6.23 Å². The maximum absolute atomic E-state index is 9.23. The number of rotatable bonds is 6. The van der Waals surface area contributed by atoms with Crippen molar-refractivity contribution < 1.29 is 14.9 Å². The highest BCUT2D eigenvalue weighted by molar-refractivity contribution is 4.67. The zero-order valence-electron chi connectivity index (χ0n) is 7.95. The molecule has 12 heavy (non-hydrogen) atoms. The molecule has 0 heterocycles. The van der Waals surface area contributed by atoms with Crippen LogP contribution in [0.4, 0.5) is 0 Å². The number of nitrogens with one attached hydrogen (secondary N) is 1. The first-order valence-corrected chi connectivity index (χ1v) is 4.14. The van der Waals surface area contributed by atoms with Gasteiger partial charge < -0.3 is 14.9 Å². The minimum atomic E-state index is -0.570. The highest BCUT2D eigenvalue weighted by Crippen LogP contribution is 2.12. The van der Waals surface area contributed by atoms with Crippen LogP contribution in [0.2, 0.25) is 0 Å². The summed E-state index contributed by atoms with van der Waals surface area (Å²) >= 11 is 0. The van der Waals surface area contributed by atoms with E-state index in [1.54, 1.807) is 14.2 Å². The number of ether oxygens (including phenoxy) is 1. The van der Waals surface area contributed by atoms with E-state index in [2.05, 4.69) is 5.32 Å². The van der Waals surface area contributed by atoms with E-state index in [9.17, 15) is 5.11 Å². The van der Waals surface area contributed by atoms with E-state index < -0.39 is 6.23 Å². The normalized spacial score (nSPS) is 18.8. The summed E-state index contributed by atoms with van der Waals surface area (Å²) < 4.78 is 5.05. The fourth-order valence-corrected chi connectivity index (χ4v) is 1.01. The molecule has 0 aromatic heterocycles. The number of hydrogen-bond donors (Lipinski definition) is 3. The molecule has 3 unspecified atom stereocenters. The minimum absolute atomic E-state index is 0.0163. The highest BCUT2D eigenvalue weighted by atomic mass is 16.5. The van der Waals surface area contributed by atoms with Gasteiger partial charge in [0, 0.05) is 19.6 Å². The van der Waals surface area contributed by atoms with Gasteiger partial charge >= 0.3 is 0 Å². The second-order valence-electron chi connectivity index (χ2n) is 2.92. The van der Waals surface area contributed by atoms with E-state index in [1.165, 1.54) is 0 Å². The zero-order chi connectivity index (χ0) is 9.56. The number of methoxy groups -OCH3 is 1. The van der Waals surface area contributed by atoms with E-state index in [0.717, 1.165) is 0 Å². The van der Waals surface area contributed by atoms with Crippen molar-refractivity contribution in [3.8, 4) is 0 Å². The summed E-state index contributed by atoms with van der Waals surface area (Å²) in [7, 11) is 3.27. The van der Waals surface area contributed by atoms with Crippen molar-refractivity contribution in [3.63, 3.8) is 0 Å². The van der Waals surface area contributed by atoms with Crippen LogP contribution in [0, 0.1) is 5.92 Å². The number of hydrogen-bond acceptors (Lipinski definition) is 4. The lowest BCUT2D eigenvalue weighted by Gasteiger charge is -2.22. The van der Waals surface area contributed by atoms with Gasteiger partial charge in [-0.05, 0) is 20.4 Å². The topological polar surface area (TPSA) is 61.7 Å². The predicted octanol–water partition coefficient (Wildman–Crippen LogP) is -0.442. The van der Waals surface area contributed by atoms with E-state index in [4.69, 9.17) is 9.84 Å². The molecule has 0 amide bonds. The number of aliphatic hydroxyl groups excluding tert-OH is 2. The molecule has 0 radical (unpaired) electrons. The largest absolute Gasteiger partial charge is 0.396 e. The van der Waals surface area contributed by atoms with Crippen LogP contribution in [0.15, 0.2) is 0 Å². The Hall–Kier alpha value is -0.160. The van der Waals surface area contributed by atoms with Crippen LogP contribution in [0.5, 0.6) is 0 Å². The lowest BCUT2D eigenvalue weighted by Crippen LogP contribution is -2.33. The molecule has 0 aliphatic carbocycles. The first kappa shape index (κ1) is 11.8. The third kappa shape index (κ3) is 4.01. The van der Waals surface area contributed by atoms with Crippen molar-refractivity contribution in [3.05, 3.63) is 0 Å². The van der Waals surface area contributed by atoms with E-state index in [1.807, 2.05) is 6.92 Å². The Bertz CT molecular complexity index is 110. The molecule has 0 rings (SSSR count). The molecule has 0 aromatic rings. The first-order valence-electron chi connectivity index (χ1n) is 4.14. The fourth-order valence-electron chi connectivity index (χ4n) is 1.01. The van der Waals surface area contributed by atoms with Gasteiger partial charge in [-0.3, -0.25) is 5.32 Å². The molecule has 0 saturated heterocycles. The Morgan fingerprint density at radius 1 is 1.50 bits per heavy atom. The monoisotopic (exact) mass is 177 g/mol. The molecule has 3 N–H and O–H groups in total. The lowest BCUT2D eigenvalue weighted by molar-refractivity contribution is 0.00651. The molecule has 0 bridgehead atoms. The Labute approximate surface area is 73.5 Å². The summed E-state index contributed by atoms with van der Waals surface area (Å²) in [5.74, 6) is -0.0163. The van der Waals surface area contributed by atoms with E-state index >= 15 is 0 Å². The van der Waals surface area contributed by atoms with Gasteiger partial charge in [-0.1, -0.05) is 0 Å². The van der Waals surface area contributed by atoms with Crippen LogP contribution in [0.25, 0.3) is 0 Å². The van der Waals surface area contributed by atoms with E-state index in [0.29, 0.717) is 6.42 Å². The maximum atomic E-state index is 9.23. The van der Waals surface area contributed by atoms with Gasteiger partial charge in [0.25, 0.3) is 0 Å². The van der Waals surface area contributed by atoms with Crippen molar-refractivity contribution in [2.75, 3.05) is 20.8 Å². The van der Waals surface area contributed by atoms with Crippen molar-refractivity contribution in [1.82, 2.24) is 5.32 Å². The fraction of sp³-hybridized carbons (Fsp3) is 1.00. The Morgan fingerprint density at radius 3 is 2.42 bits per heavy atom. The van der Waals surface area contributed by atoms with Crippen molar-refractivity contribution in [2.45, 2.75) is 25.7 Å². The second-order valence-corrected chi connectivity index (χ2v) is 2.92. The van der Waals surface area contributed by atoms with Gasteiger partial charge in [0.05, 0.1) is 6.10 Å². The SMILES string of the molecule is CNC(O)CC(CO)C(C)OC. The Kier molecular flexibility index (Phi) is 6.28. The molecule has 0 aliphatic rings. The lowest BCUT2D eigenvalue weighted by atomic mass is 10.00. The van der Waals surface area contributed by atoms with Gasteiger partial charge in [0.2, 0.25) is 0 Å². The summed E-state index contributed by atoms with van der Waals surface area (Å²) in [5, 5.41) is 20.9. The first-order chi connectivity index (χ1) is 5.65. The Balaban J connectivity index is 3.81. The van der Waals surface area contributed by atoms with Crippen LogP contribution < -0.4 is 5.32 Å². The zero-order valence-corrected chi connectivity index (χ0v) is 7.95. The molecule has 0 aliphatic heterocycles. The average molecular weight is 177 g/mol. The highest BCUT2D eigenvalue weighted by Gasteiger charge is 2.18. The van der Waals surface area contributed by atoms with Gasteiger partial charge in [0.15, 0.2) is 0 Å². The molecule has 0 saturated carbocycles. The molecule has 4 heteroatoms. The van der Waals surface area contributed by atoms with Gasteiger partial charge in [-0.15, -0.1) is 0 Å². The summed E-state index contributed by atoms with van der Waals surface area (Å²) in [4.78, 5) is 0. The van der Waals surface area contributed by atoms with Crippen molar-refractivity contribution in [2.24, 2.45) is 5.92 Å². The summed E-state index contributed by atoms with van der Waals surface area (Å²) in [6.45, 7) is 1.91. The van der Waals surface area contributed by atoms with Crippen LogP contribution in [-0.4, -0.2) is 43.3 Å². The van der Waals surface area contributed by atoms with E-state index in [-0.39, 0.29) is 18.6 Å². The average Bonchev–Trinajstić information content (AvgIpc) is 2.12. The van der Waals surface area contributed by atoms with Crippen LogP contribution in [0.1, 0.15) is 13.3 Å². The van der Waals surface area contributed by atoms with Crippen molar-refractivity contribution in [1.29, 1.82) is 0 Å². The molecule has 0 spiro atoms. The molecule has 0 fully saturated rings. The third-order valence-electron chi connectivity index (χ3n) is 2.13. The standard InChI is InChI=1S/C8H19NO3/c1-6(12-3)7(5-10)4-8(11)9-2/h6-11H,4-5H2,1-3H3. The van der Waals surface area contributed by atoms with Gasteiger partial charge in [-0.25, -0.2) is 0 Å². The van der Waals surface area contributed by atoms with Crippen molar-refractivity contribution >= 4 is 0 Å². The van der Waals surface area contributed by atoms with Crippen LogP contribution in [-0.2, 0) is 4.74 Å². The molecule has 3 atom stereocenters. The molecule has 0 aromatic carbocycles. The predicted molar refractivity (Wildman–Crippen MR) is 46.7 cm³/mol. The van der Waals surface area contributed by atoms with Gasteiger partial charge in [-0.2, -0.15) is 0 Å². The number of aliphatic hydroxyl groups is 2. The van der Waals surface area contributed by atoms with Crippen LogP contribution >= 0.6 is 0 Å². The maximum Gasteiger partial charge on any atom is 0.105 e. The smallest absolute Gasteiger partial charge is 0.105 e. The minimum Gasteiger partial charge on any atom is -0.396 e. The molecule has 4 nitrogen and oxygen atoms in total. The second kappa shape index (κ2) is 6.37. The molecular formula is C8H19NO3.